The van der Waals surface area contributed by atoms with Crippen LogP contribution in [0.4, 0.5) is 16.2 Å². The van der Waals surface area contributed by atoms with E-state index in [2.05, 4.69) is 32.7 Å². The molecule has 0 atom stereocenters. The molecule has 5 rings (SSSR count). The van der Waals surface area contributed by atoms with Gasteiger partial charge < -0.3 is 14.8 Å². The van der Waals surface area contributed by atoms with Crippen molar-refractivity contribution < 1.29 is 4.39 Å². The molecule has 152 valence electrons. The third-order valence-corrected chi connectivity index (χ3v) is 5.97. The lowest BCUT2D eigenvalue weighted by Gasteiger charge is -2.36. The number of piperazine rings is 1. The molecule has 29 heavy (non-hydrogen) atoms. The number of aromatic amines is 1. The maximum Gasteiger partial charge on any atom is 0.229 e. The highest BCUT2D eigenvalue weighted by molar-refractivity contribution is 5.89. The van der Waals surface area contributed by atoms with Crippen molar-refractivity contribution in [2.24, 2.45) is 0 Å². The van der Waals surface area contributed by atoms with Gasteiger partial charge in [0.2, 0.25) is 5.95 Å². The summed E-state index contributed by atoms with van der Waals surface area (Å²) in [5.74, 6) is 1.71. The number of fused-ring (bicyclic) bond motifs is 1. The van der Waals surface area contributed by atoms with E-state index in [0.717, 1.165) is 79.9 Å². The average Bonchev–Trinajstić information content (AvgIpc) is 3.38. The number of H-pyrrole nitrogens is 1. The Hall–Kier alpha value is -2.67. The maximum atomic E-state index is 13.1. The zero-order valence-electron chi connectivity index (χ0n) is 16.9. The van der Waals surface area contributed by atoms with Crippen LogP contribution in [0.5, 0.6) is 0 Å². The summed E-state index contributed by atoms with van der Waals surface area (Å²) in [5.41, 5.74) is 3.20. The summed E-state index contributed by atoms with van der Waals surface area (Å²) in [4.78, 5) is 20.3. The standard InChI is InChI=1S/C22H27FN6/c1-16-14-19-20(24-16)25-22(29-8-2-3-9-29)26-21(19)28-12-10-27(11-13-28)15-17-4-6-18(23)7-5-17/h4-7,14H,2-3,8-13,15H2,1H3,(H,24,25,26). The molecule has 2 saturated heterocycles. The van der Waals surface area contributed by atoms with Crippen LogP contribution in [0.1, 0.15) is 24.1 Å². The lowest BCUT2D eigenvalue weighted by atomic mass is 10.2. The highest BCUT2D eigenvalue weighted by Crippen LogP contribution is 2.29. The predicted octanol–water partition coefficient (Wildman–Crippen LogP) is 3.33. The minimum absolute atomic E-state index is 0.179. The van der Waals surface area contributed by atoms with Crippen molar-refractivity contribution in [1.82, 2.24) is 19.9 Å². The summed E-state index contributed by atoms with van der Waals surface area (Å²) < 4.78 is 13.1. The molecule has 2 aromatic heterocycles. The fourth-order valence-corrected chi connectivity index (χ4v) is 4.38. The van der Waals surface area contributed by atoms with Gasteiger partial charge in [-0.25, -0.2) is 4.39 Å². The molecule has 0 aliphatic carbocycles. The largest absolute Gasteiger partial charge is 0.353 e. The van der Waals surface area contributed by atoms with E-state index in [1.54, 1.807) is 0 Å². The summed E-state index contributed by atoms with van der Waals surface area (Å²) in [6, 6.07) is 8.99. The number of hydrogen-bond acceptors (Lipinski definition) is 5. The van der Waals surface area contributed by atoms with E-state index in [1.165, 1.54) is 25.0 Å². The van der Waals surface area contributed by atoms with Crippen molar-refractivity contribution in [2.45, 2.75) is 26.3 Å². The first kappa shape index (κ1) is 18.4. The van der Waals surface area contributed by atoms with Crippen molar-refractivity contribution in [1.29, 1.82) is 0 Å². The van der Waals surface area contributed by atoms with Crippen LogP contribution in [-0.4, -0.2) is 59.1 Å². The van der Waals surface area contributed by atoms with Gasteiger partial charge in [0.1, 0.15) is 17.3 Å². The third kappa shape index (κ3) is 3.79. The molecular weight excluding hydrogens is 367 g/mol. The summed E-state index contributed by atoms with van der Waals surface area (Å²) in [7, 11) is 0. The Morgan fingerprint density at radius 1 is 0.931 bits per heavy atom. The van der Waals surface area contributed by atoms with Crippen LogP contribution in [0.2, 0.25) is 0 Å². The van der Waals surface area contributed by atoms with Crippen molar-refractivity contribution in [3.63, 3.8) is 0 Å². The number of benzene rings is 1. The van der Waals surface area contributed by atoms with Crippen molar-refractivity contribution in [2.75, 3.05) is 49.1 Å². The van der Waals surface area contributed by atoms with E-state index in [1.807, 2.05) is 12.1 Å². The molecule has 2 aliphatic heterocycles. The molecule has 0 amide bonds. The van der Waals surface area contributed by atoms with Gasteiger partial charge >= 0.3 is 0 Å². The Morgan fingerprint density at radius 2 is 1.66 bits per heavy atom. The first-order valence-corrected chi connectivity index (χ1v) is 10.5. The second-order valence-corrected chi connectivity index (χ2v) is 8.15. The average molecular weight is 394 g/mol. The van der Waals surface area contributed by atoms with Gasteiger partial charge in [-0.2, -0.15) is 9.97 Å². The van der Waals surface area contributed by atoms with E-state index in [0.29, 0.717) is 0 Å². The second kappa shape index (κ2) is 7.63. The molecule has 0 saturated carbocycles. The van der Waals surface area contributed by atoms with Gasteiger partial charge in [-0.1, -0.05) is 12.1 Å². The smallest absolute Gasteiger partial charge is 0.229 e. The highest BCUT2D eigenvalue weighted by atomic mass is 19.1. The molecule has 0 spiro atoms. The quantitative estimate of drug-likeness (QED) is 0.736. The van der Waals surface area contributed by atoms with E-state index in [9.17, 15) is 4.39 Å². The van der Waals surface area contributed by atoms with Gasteiger partial charge in [-0.3, -0.25) is 4.90 Å². The Kier molecular flexibility index (Phi) is 4.83. The summed E-state index contributed by atoms with van der Waals surface area (Å²) in [6.45, 7) is 8.79. The van der Waals surface area contributed by atoms with Gasteiger partial charge in [0, 0.05) is 51.5 Å². The molecule has 4 heterocycles. The van der Waals surface area contributed by atoms with Crippen LogP contribution in [0, 0.1) is 12.7 Å². The van der Waals surface area contributed by atoms with E-state index >= 15 is 0 Å². The molecule has 0 bridgehead atoms. The third-order valence-electron chi connectivity index (χ3n) is 5.97. The topological polar surface area (TPSA) is 51.3 Å². The normalized spacial score (nSPS) is 18.1. The van der Waals surface area contributed by atoms with Crippen molar-refractivity contribution >= 4 is 22.8 Å². The van der Waals surface area contributed by atoms with Crippen LogP contribution in [0.3, 0.4) is 0 Å². The fraction of sp³-hybridized carbons (Fsp3) is 0.455. The van der Waals surface area contributed by atoms with E-state index < -0.39 is 0 Å². The molecule has 0 unspecified atom stereocenters. The number of halogens is 1. The number of aryl methyl sites for hydroxylation is 1. The molecule has 3 aromatic rings. The minimum atomic E-state index is -0.179. The molecule has 1 N–H and O–H groups in total. The first-order chi connectivity index (χ1) is 14.2. The molecule has 2 aliphatic rings. The zero-order chi connectivity index (χ0) is 19.8. The van der Waals surface area contributed by atoms with E-state index in [4.69, 9.17) is 9.97 Å². The van der Waals surface area contributed by atoms with Gasteiger partial charge in [-0.05, 0) is 43.5 Å². The molecule has 6 nitrogen and oxygen atoms in total. The second-order valence-electron chi connectivity index (χ2n) is 8.15. The monoisotopic (exact) mass is 394 g/mol. The van der Waals surface area contributed by atoms with E-state index in [-0.39, 0.29) is 5.82 Å². The molecule has 2 fully saturated rings. The SMILES string of the molecule is Cc1cc2c(N3CCN(Cc4ccc(F)cc4)CC3)nc(N3CCCC3)nc2[nH]1. The molecule has 0 radical (unpaired) electrons. The van der Waals surface area contributed by atoms with Crippen molar-refractivity contribution in [3.05, 3.63) is 47.4 Å². The summed E-state index contributed by atoms with van der Waals surface area (Å²) in [5, 5.41) is 1.11. The number of anilines is 2. The predicted molar refractivity (Wildman–Crippen MR) is 114 cm³/mol. The lowest BCUT2D eigenvalue weighted by Crippen LogP contribution is -2.46. The van der Waals surface area contributed by atoms with Gasteiger partial charge in [0.25, 0.3) is 0 Å². The zero-order valence-corrected chi connectivity index (χ0v) is 16.9. The Morgan fingerprint density at radius 3 is 2.38 bits per heavy atom. The number of nitrogens with one attached hydrogen (secondary N) is 1. The van der Waals surface area contributed by atoms with Crippen LogP contribution in [0.25, 0.3) is 11.0 Å². The lowest BCUT2D eigenvalue weighted by molar-refractivity contribution is 0.249. The Balaban J connectivity index is 1.35. The number of hydrogen-bond donors (Lipinski definition) is 1. The molecule has 7 heteroatoms. The van der Waals surface area contributed by atoms with Gasteiger partial charge in [-0.15, -0.1) is 0 Å². The van der Waals surface area contributed by atoms with Gasteiger partial charge in [0.05, 0.1) is 5.39 Å². The van der Waals surface area contributed by atoms with Crippen LogP contribution < -0.4 is 9.80 Å². The Labute approximate surface area is 170 Å². The minimum Gasteiger partial charge on any atom is -0.353 e. The highest BCUT2D eigenvalue weighted by Gasteiger charge is 2.24. The Bertz CT molecular complexity index is 984. The summed E-state index contributed by atoms with van der Waals surface area (Å²) >= 11 is 0. The van der Waals surface area contributed by atoms with Crippen LogP contribution in [0.15, 0.2) is 30.3 Å². The summed E-state index contributed by atoms with van der Waals surface area (Å²) in [6.07, 6.45) is 2.42. The fourth-order valence-electron chi connectivity index (χ4n) is 4.38. The van der Waals surface area contributed by atoms with Crippen LogP contribution >= 0.6 is 0 Å². The van der Waals surface area contributed by atoms with Gasteiger partial charge in [0.15, 0.2) is 0 Å². The number of rotatable bonds is 4. The van der Waals surface area contributed by atoms with Crippen LogP contribution in [-0.2, 0) is 6.54 Å². The van der Waals surface area contributed by atoms with Crippen molar-refractivity contribution in [3.8, 4) is 0 Å². The molecule has 1 aromatic carbocycles. The first-order valence-electron chi connectivity index (χ1n) is 10.5. The number of aromatic nitrogens is 3. The maximum absolute atomic E-state index is 13.1. The molecular formula is C22H27FN6. The number of nitrogens with zero attached hydrogens (tertiary/aromatic N) is 5.